The Labute approximate surface area is 124 Å². The molecule has 2 aliphatic rings. The van der Waals surface area contributed by atoms with Gasteiger partial charge in [0.15, 0.2) is 0 Å². The van der Waals surface area contributed by atoms with Crippen LogP contribution in [-0.4, -0.2) is 42.0 Å². The summed E-state index contributed by atoms with van der Waals surface area (Å²) in [5.74, 6) is 0.0783. The van der Waals surface area contributed by atoms with Crippen LogP contribution in [0.1, 0.15) is 31.2 Å². The van der Waals surface area contributed by atoms with E-state index in [1.165, 1.54) is 4.90 Å². The van der Waals surface area contributed by atoms with Crippen LogP contribution in [0.4, 0.5) is 4.79 Å². The highest BCUT2D eigenvalue weighted by molar-refractivity contribution is 6.07. The second-order valence-corrected chi connectivity index (χ2v) is 5.99. The summed E-state index contributed by atoms with van der Waals surface area (Å²) in [5.41, 5.74) is 0.475. The summed E-state index contributed by atoms with van der Waals surface area (Å²) in [4.78, 5) is 26.3. The molecule has 1 atom stereocenters. The zero-order valence-corrected chi connectivity index (χ0v) is 12.3. The van der Waals surface area contributed by atoms with Crippen molar-refractivity contribution >= 4 is 11.9 Å². The number of nitrogens with one attached hydrogen (secondary N) is 2. The summed E-state index contributed by atoms with van der Waals surface area (Å²) in [5, 5.41) is 6.15. The molecule has 1 aromatic carbocycles. The normalized spacial score (nSPS) is 22.4. The average molecular weight is 287 g/mol. The highest BCUT2D eigenvalue weighted by atomic mass is 16.2. The molecule has 2 aliphatic heterocycles. The molecule has 3 amide bonds. The topological polar surface area (TPSA) is 61.4 Å². The minimum absolute atomic E-state index is 0.0585. The molecule has 0 unspecified atom stereocenters. The van der Waals surface area contributed by atoms with E-state index in [4.69, 9.17) is 0 Å². The van der Waals surface area contributed by atoms with Crippen molar-refractivity contribution in [3.63, 3.8) is 0 Å². The van der Waals surface area contributed by atoms with Gasteiger partial charge in [-0.05, 0) is 37.4 Å². The van der Waals surface area contributed by atoms with Gasteiger partial charge in [0.05, 0.1) is 0 Å². The first kappa shape index (κ1) is 14.1. The lowest BCUT2D eigenvalue weighted by Crippen LogP contribution is -2.54. The molecule has 2 saturated heterocycles. The third-order valence-corrected chi connectivity index (χ3v) is 4.53. The van der Waals surface area contributed by atoms with Gasteiger partial charge in [-0.1, -0.05) is 37.3 Å². The van der Waals surface area contributed by atoms with Gasteiger partial charge in [0, 0.05) is 6.54 Å². The van der Waals surface area contributed by atoms with Crippen molar-refractivity contribution < 1.29 is 9.59 Å². The van der Waals surface area contributed by atoms with Crippen LogP contribution in [0.3, 0.4) is 0 Å². The Morgan fingerprint density at radius 1 is 1.19 bits per heavy atom. The number of piperidine rings is 1. The van der Waals surface area contributed by atoms with Gasteiger partial charge in [0.25, 0.3) is 5.91 Å². The van der Waals surface area contributed by atoms with Crippen molar-refractivity contribution in [1.82, 2.24) is 15.5 Å². The first-order valence-corrected chi connectivity index (χ1v) is 7.52. The van der Waals surface area contributed by atoms with Crippen molar-refractivity contribution in [3.8, 4) is 0 Å². The van der Waals surface area contributed by atoms with Crippen LogP contribution in [0, 0.1) is 0 Å². The molecule has 2 fully saturated rings. The maximum absolute atomic E-state index is 12.7. The molecule has 1 spiro atoms. The van der Waals surface area contributed by atoms with Gasteiger partial charge in [0.1, 0.15) is 5.54 Å². The first-order valence-electron chi connectivity index (χ1n) is 7.52. The Balaban J connectivity index is 1.74. The standard InChI is InChI=1S/C16H21N3O2/c1-12(13-5-3-2-4-6-13)11-19-14(20)16(18-15(19)21)7-9-17-10-8-16/h2-6,12,17H,7-11H2,1H3,(H,18,21)/t12-/m0/s1. The molecule has 2 heterocycles. The van der Waals surface area contributed by atoms with Gasteiger partial charge in [-0.15, -0.1) is 0 Å². The van der Waals surface area contributed by atoms with Gasteiger partial charge >= 0.3 is 6.03 Å². The Morgan fingerprint density at radius 3 is 2.52 bits per heavy atom. The highest BCUT2D eigenvalue weighted by Gasteiger charge is 2.51. The van der Waals surface area contributed by atoms with Crippen LogP contribution in [0.2, 0.25) is 0 Å². The van der Waals surface area contributed by atoms with Crippen LogP contribution >= 0.6 is 0 Å². The average Bonchev–Trinajstić information content (AvgIpc) is 2.73. The second kappa shape index (κ2) is 5.48. The van der Waals surface area contributed by atoms with E-state index in [2.05, 4.69) is 10.6 Å². The molecular formula is C16H21N3O2. The third-order valence-electron chi connectivity index (χ3n) is 4.53. The lowest BCUT2D eigenvalue weighted by atomic mass is 9.88. The molecule has 2 N–H and O–H groups in total. The summed E-state index contributed by atoms with van der Waals surface area (Å²) in [6.07, 6.45) is 1.35. The van der Waals surface area contributed by atoms with Crippen LogP contribution in [0.15, 0.2) is 30.3 Å². The number of carbonyl (C=O) groups excluding carboxylic acids is 2. The summed E-state index contributed by atoms with van der Waals surface area (Å²) < 4.78 is 0. The molecule has 0 aromatic heterocycles. The second-order valence-electron chi connectivity index (χ2n) is 5.99. The largest absolute Gasteiger partial charge is 0.325 e. The molecule has 5 heteroatoms. The number of amides is 3. The fourth-order valence-electron chi connectivity index (χ4n) is 3.20. The predicted molar refractivity (Wildman–Crippen MR) is 79.9 cm³/mol. The van der Waals surface area contributed by atoms with Crippen LogP contribution in [-0.2, 0) is 4.79 Å². The molecule has 0 aliphatic carbocycles. The van der Waals surface area contributed by atoms with E-state index in [0.717, 1.165) is 18.7 Å². The molecule has 112 valence electrons. The monoisotopic (exact) mass is 287 g/mol. The number of rotatable bonds is 3. The SMILES string of the molecule is C[C@@H](CN1C(=O)NC2(CCNCC2)C1=O)c1ccccc1. The molecule has 5 nitrogen and oxygen atoms in total. The van der Waals surface area contributed by atoms with Gasteiger partial charge in [0.2, 0.25) is 0 Å². The Kier molecular flexibility index (Phi) is 3.68. The van der Waals surface area contributed by atoms with Gasteiger partial charge in [-0.2, -0.15) is 0 Å². The Bertz CT molecular complexity index is 538. The van der Waals surface area contributed by atoms with Crippen molar-refractivity contribution in [2.24, 2.45) is 0 Å². The number of urea groups is 1. The van der Waals surface area contributed by atoms with Gasteiger partial charge in [-0.25, -0.2) is 4.79 Å². The molecular weight excluding hydrogens is 266 g/mol. The van der Waals surface area contributed by atoms with Gasteiger partial charge in [-0.3, -0.25) is 9.69 Å². The molecule has 1 aromatic rings. The maximum Gasteiger partial charge on any atom is 0.325 e. The lowest BCUT2D eigenvalue weighted by Gasteiger charge is -2.31. The van der Waals surface area contributed by atoms with E-state index >= 15 is 0 Å². The Morgan fingerprint density at radius 2 is 1.86 bits per heavy atom. The van der Waals surface area contributed by atoms with E-state index < -0.39 is 5.54 Å². The van der Waals surface area contributed by atoms with Crippen molar-refractivity contribution in [3.05, 3.63) is 35.9 Å². The molecule has 0 radical (unpaired) electrons. The van der Waals surface area contributed by atoms with E-state index in [9.17, 15) is 9.59 Å². The van der Waals surface area contributed by atoms with E-state index in [1.54, 1.807) is 0 Å². The fourth-order valence-corrected chi connectivity index (χ4v) is 3.20. The number of hydrogen-bond acceptors (Lipinski definition) is 3. The zero-order valence-electron chi connectivity index (χ0n) is 12.3. The fraction of sp³-hybridized carbons (Fsp3) is 0.500. The lowest BCUT2D eigenvalue weighted by molar-refractivity contribution is -0.132. The van der Waals surface area contributed by atoms with Crippen LogP contribution < -0.4 is 10.6 Å². The van der Waals surface area contributed by atoms with Gasteiger partial charge < -0.3 is 10.6 Å². The number of hydrogen-bond donors (Lipinski definition) is 2. The summed E-state index contributed by atoms with van der Waals surface area (Å²) in [6.45, 7) is 4.02. The summed E-state index contributed by atoms with van der Waals surface area (Å²) >= 11 is 0. The minimum Gasteiger partial charge on any atom is -0.323 e. The van der Waals surface area contributed by atoms with Crippen molar-refractivity contribution in [2.45, 2.75) is 31.2 Å². The zero-order chi connectivity index (χ0) is 14.9. The summed E-state index contributed by atoms with van der Waals surface area (Å²) in [6, 6.07) is 9.74. The van der Waals surface area contributed by atoms with E-state index in [-0.39, 0.29) is 17.9 Å². The van der Waals surface area contributed by atoms with E-state index in [1.807, 2.05) is 37.3 Å². The van der Waals surface area contributed by atoms with Crippen molar-refractivity contribution in [2.75, 3.05) is 19.6 Å². The molecule has 3 rings (SSSR count). The molecule has 21 heavy (non-hydrogen) atoms. The summed E-state index contributed by atoms with van der Waals surface area (Å²) in [7, 11) is 0. The minimum atomic E-state index is -0.668. The number of carbonyl (C=O) groups is 2. The molecule has 0 bridgehead atoms. The number of imide groups is 1. The first-order chi connectivity index (χ1) is 10.1. The smallest absolute Gasteiger partial charge is 0.323 e. The van der Waals surface area contributed by atoms with Crippen LogP contribution in [0.25, 0.3) is 0 Å². The number of benzene rings is 1. The maximum atomic E-state index is 12.7. The van der Waals surface area contributed by atoms with Crippen LogP contribution in [0.5, 0.6) is 0 Å². The highest BCUT2D eigenvalue weighted by Crippen LogP contribution is 2.28. The van der Waals surface area contributed by atoms with E-state index in [0.29, 0.717) is 19.4 Å². The predicted octanol–water partition coefficient (Wildman–Crippen LogP) is 1.46. The Hall–Kier alpha value is -1.88. The molecule has 0 saturated carbocycles. The quantitative estimate of drug-likeness (QED) is 0.828. The number of nitrogens with zero attached hydrogens (tertiary/aromatic N) is 1. The third kappa shape index (κ3) is 2.53. The van der Waals surface area contributed by atoms with Crippen molar-refractivity contribution in [1.29, 1.82) is 0 Å².